The second-order valence-corrected chi connectivity index (χ2v) is 11.9. The second-order valence-electron chi connectivity index (χ2n) is 11.9. The summed E-state index contributed by atoms with van der Waals surface area (Å²) in [6.07, 6.45) is 11.1. The molecule has 0 N–H and O–H groups in total. The molecule has 1 spiro atoms. The highest BCUT2D eigenvalue weighted by molar-refractivity contribution is 5.75. The number of carbonyl (C=O) groups is 1. The molecule has 4 nitrogen and oxygen atoms in total. The molecule has 2 aliphatic heterocycles. The van der Waals surface area contributed by atoms with Crippen LogP contribution >= 0.6 is 0 Å². The van der Waals surface area contributed by atoms with E-state index < -0.39 is 0 Å². The van der Waals surface area contributed by atoms with E-state index in [0.717, 1.165) is 62.6 Å². The van der Waals surface area contributed by atoms with Crippen molar-refractivity contribution < 1.29 is 19.0 Å². The standard InChI is InChI=1S/C25H38O4/c1-15-21-20(29-22(15)26)13-19-17-6-5-16-14-25(27-11-4-12-28-25)10-9-23(16,2)18(17)7-8-24(19,21)3/h15-21H,4-14H2,1-3H3/t15-,16-,17+,18-,19-,20-,21-,23-,24-/m0/s1. The van der Waals surface area contributed by atoms with E-state index in [-0.39, 0.29) is 23.8 Å². The van der Waals surface area contributed by atoms with Gasteiger partial charge < -0.3 is 14.2 Å². The van der Waals surface area contributed by atoms with Crippen LogP contribution in [0.15, 0.2) is 0 Å². The number of rotatable bonds is 0. The summed E-state index contributed by atoms with van der Waals surface area (Å²) >= 11 is 0. The number of ether oxygens (including phenoxy) is 3. The molecular formula is C25H38O4. The van der Waals surface area contributed by atoms with Crippen molar-refractivity contribution in [1.82, 2.24) is 0 Å². The van der Waals surface area contributed by atoms with Gasteiger partial charge in [0.15, 0.2) is 5.79 Å². The van der Waals surface area contributed by atoms with Crippen LogP contribution in [0, 0.1) is 46.3 Å². The van der Waals surface area contributed by atoms with Crippen molar-refractivity contribution in [2.45, 2.75) is 90.4 Å². The Bertz CT molecular complexity index is 699. The molecule has 2 saturated heterocycles. The predicted octanol–water partition coefficient (Wildman–Crippen LogP) is 4.95. The lowest BCUT2D eigenvalue weighted by Gasteiger charge is -2.62. The van der Waals surface area contributed by atoms with E-state index in [0.29, 0.717) is 16.7 Å². The van der Waals surface area contributed by atoms with Gasteiger partial charge in [0.05, 0.1) is 19.1 Å². The summed E-state index contributed by atoms with van der Waals surface area (Å²) in [4.78, 5) is 12.2. The molecule has 4 saturated carbocycles. The summed E-state index contributed by atoms with van der Waals surface area (Å²) in [7, 11) is 0. The van der Waals surface area contributed by atoms with Crippen LogP contribution in [0.4, 0.5) is 0 Å². The van der Waals surface area contributed by atoms with Gasteiger partial charge in [-0.05, 0) is 79.4 Å². The van der Waals surface area contributed by atoms with Gasteiger partial charge >= 0.3 is 5.97 Å². The van der Waals surface area contributed by atoms with Crippen molar-refractivity contribution in [1.29, 1.82) is 0 Å². The maximum Gasteiger partial charge on any atom is 0.309 e. The molecule has 2 heterocycles. The molecule has 0 aromatic carbocycles. The molecule has 0 unspecified atom stereocenters. The van der Waals surface area contributed by atoms with Crippen LogP contribution in [0.2, 0.25) is 0 Å². The van der Waals surface area contributed by atoms with Crippen LogP contribution in [0.3, 0.4) is 0 Å². The van der Waals surface area contributed by atoms with Crippen LogP contribution in [0.1, 0.15) is 78.6 Å². The molecule has 6 aliphatic rings. The SMILES string of the molecule is C[C@@H]1C(=O)O[C@H]2C[C@H]3[C@@H]4CC[C@H]5CC6(CC[C@]5(C)[C@H]4CC[C@]3(C)[C@H]21)OCCCO6. The summed E-state index contributed by atoms with van der Waals surface area (Å²) in [6.45, 7) is 8.97. The van der Waals surface area contributed by atoms with Crippen LogP contribution in [-0.2, 0) is 19.0 Å². The van der Waals surface area contributed by atoms with Crippen molar-refractivity contribution in [2.24, 2.45) is 46.3 Å². The first-order valence-corrected chi connectivity index (χ1v) is 12.3. The van der Waals surface area contributed by atoms with Crippen molar-refractivity contribution in [3.63, 3.8) is 0 Å². The van der Waals surface area contributed by atoms with Crippen molar-refractivity contribution in [2.75, 3.05) is 13.2 Å². The van der Waals surface area contributed by atoms with Gasteiger partial charge in [-0.15, -0.1) is 0 Å². The number of hydrogen-bond donors (Lipinski definition) is 0. The largest absolute Gasteiger partial charge is 0.462 e. The molecule has 0 amide bonds. The fourth-order valence-electron chi connectivity index (χ4n) is 9.52. The Kier molecular flexibility index (Phi) is 4.10. The van der Waals surface area contributed by atoms with E-state index in [1.807, 2.05) is 0 Å². The maximum atomic E-state index is 12.2. The minimum atomic E-state index is -0.271. The Balaban J connectivity index is 1.26. The molecule has 0 radical (unpaired) electrons. The third-order valence-corrected chi connectivity index (χ3v) is 11.0. The number of esters is 1. The van der Waals surface area contributed by atoms with E-state index in [9.17, 15) is 4.79 Å². The minimum absolute atomic E-state index is 0.0579. The van der Waals surface area contributed by atoms with Crippen LogP contribution in [0.25, 0.3) is 0 Å². The Morgan fingerprint density at radius 2 is 1.72 bits per heavy atom. The Morgan fingerprint density at radius 3 is 2.52 bits per heavy atom. The summed E-state index contributed by atoms with van der Waals surface area (Å²) in [6, 6.07) is 0. The van der Waals surface area contributed by atoms with Crippen LogP contribution in [0.5, 0.6) is 0 Å². The van der Waals surface area contributed by atoms with Gasteiger partial charge in [-0.25, -0.2) is 0 Å². The first-order chi connectivity index (χ1) is 13.9. The highest BCUT2D eigenvalue weighted by Gasteiger charge is 2.67. The average Bonchev–Trinajstić information content (AvgIpc) is 3.16. The zero-order valence-corrected chi connectivity index (χ0v) is 18.5. The van der Waals surface area contributed by atoms with Gasteiger partial charge in [-0.2, -0.15) is 0 Å². The Labute approximate surface area is 175 Å². The molecule has 6 rings (SSSR count). The van der Waals surface area contributed by atoms with Crippen molar-refractivity contribution >= 4 is 5.97 Å². The van der Waals surface area contributed by atoms with E-state index in [4.69, 9.17) is 14.2 Å². The highest BCUT2D eigenvalue weighted by atomic mass is 16.7. The molecule has 162 valence electrons. The van der Waals surface area contributed by atoms with E-state index in [1.165, 1.54) is 32.1 Å². The third kappa shape index (κ3) is 2.48. The number of carbonyl (C=O) groups excluding carboxylic acids is 1. The summed E-state index contributed by atoms with van der Waals surface area (Å²) in [5, 5.41) is 0. The zero-order valence-electron chi connectivity index (χ0n) is 18.5. The number of fused-ring (bicyclic) bond motifs is 7. The third-order valence-electron chi connectivity index (χ3n) is 11.0. The molecule has 4 heteroatoms. The van der Waals surface area contributed by atoms with Crippen molar-refractivity contribution in [3.05, 3.63) is 0 Å². The quantitative estimate of drug-likeness (QED) is 0.538. The molecule has 29 heavy (non-hydrogen) atoms. The first-order valence-electron chi connectivity index (χ1n) is 12.3. The predicted molar refractivity (Wildman–Crippen MR) is 109 cm³/mol. The van der Waals surface area contributed by atoms with Gasteiger partial charge in [0.1, 0.15) is 6.10 Å². The normalized spacial score (nSPS) is 55.6. The van der Waals surface area contributed by atoms with E-state index >= 15 is 0 Å². The Hall–Kier alpha value is -0.610. The molecule has 0 aromatic heterocycles. The second kappa shape index (κ2) is 6.22. The van der Waals surface area contributed by atoms with Crippen molar-refractivity contribution in [3.8, 4) is 0 Å². The lowest BCUT2D eigenvalue weighted by molar-refractivity contribution is -0.305. The molecule has 4 aliphatic carbocycles. The topological polar surface area (TPSA) is 44.8 Å². The summed E-state index contributed by atoms with van der Waals surface area (Å²) < 4.78 is 18.3. The van der Waals surface area contributed by atoms with Gasteiger partial charge in [0, 0.05) is 18.8 Å². The van der Waals surface area contributed by atoms with Crippen LogP contribution < -0.4 is 0 Å². The van der Waals surface area contributed by atoms with Crippen LogP contribution in [-0.4, -0.2) is 31.1 Å². The lowest BCUT2D eigenvalue weighted by Crippen LogP contribution is -2.57. The molecular weight excluding hydrogens is 364 g/mol. The highest BCUT2D eigenvalue weighted by Crippen LogP contribution is 2.70. The smallest absolute Gasteiger partial charge is 0.309 e. The fourth-order valence-corrected chi connectivity index (χ4v) is 9.52. The summed E-state index contributed by atoms with van der Waals surface area (Å²) in [5.41, 5.74) is 0.728. The minimum Gasteiger partial charge on any atom is -0.462 e. The molecule has 0 aromatic rings. The van der Waals surface area contributed by atoms with E-state index in [1.54, 1.807) is 0 Å². The lowest BCUT2D eigenvalue weighted by atomic mass is 9.44. The fraction of sp³-hybridized carbons (Fsp3) is 0.960. The zero-order chi connectivity index (χ0) is 20.0. The van der Waals surface area contributed by atoms with Gasteiger partial charge in [-0.3, -0.25) is 4.79 Å². The molecule has 0 bridgehead atoms. The maximum absolute atomic E-state index is 12.2. The first kappa shape index (κ1) is 19.1. The molecule has 6 fully saturated rings. The molecule has 9 atom stereocenters. The average molecular weight is 403 g/mol. The number of hydrogen-bond acceptors (Lipinski definition) is 4. The summed E-state index contributed by atoms with van der Waals surface area (Å²) in [5.74, 6) is 3.44. The van der Waals surface area contributed by atoms with E-state index in [2.05, 4.69) is 20.8 Å². The van der Waals surface area contributed by atoms with Gasteiger partial charge in [0.25, 0.3) is 0 Å². The monoisotopic (exact) mass is 402 g/mol. The van der Waals surface area contributed by atoms with Gasteiger partial charge in [0.2, 0.25) is 0 Å². The van der Waals surface area contributed by atoms with Gasteiger partial charge in [-0.1, -0.05) is 20.8 Å². The Morgan fingerprint density at radius 1 is 0.931 bits per heavy atom.